The second kappa shape index (κ2) is 11.3. The Morgan fingerprint density at radius 2 is 1.74 bits per heavy atom. The van der Waals surface area contributed by atoms with Gasteiger partial charge in [-0.05, 0) is 122 Å². The molecule has 3 heterocycles. The van der Waals surface area contributed by atoms with Gasteiger partial charge in [-0.15, -0.1) is 0 Å². The van der Waals surface area contributed by atoms with E-state index in [0.29, 0.717) is 5.92 Å². The number of unbranched alkanes of at least 4 members (excludes halogenated alkanes) is 1. The molecule has 1 N–H and O–H groups in total. The summed E-state index contributed by atoms with van der Waals surface area (Å²) in [4.78, 5) is 15.6. The minimum absolute atomic E-state index is 0.0118. The summed E-state index contributed by atoms with van der Waals surface area (Å²) in [5.74, 6) is 1.53. The standard InChI is InChI=1S/C33H46N2O3/c1-6-9-16-37-30-22(4)17-26(18-23(30)5)25-10-11-28-27(19-25)20-33(7-2,8-3)31(28)34-32(36)38-29-21-35-14-12-24(29)13-15-35/h10-11,17-19,24,29,31H,6-9,12-16,20-21H2,1-5H3,(H,34,36)/t29-,31?/m0/s1. The first-order valence-corrected chi connectivity index (χ1v) is 14.9. The number of ether oxygens (including phenoxy) is 2. The van der Waals surface area contributed by atoms with Crippen LogP contribution < -0.4 is 10.1 Å². The molecule has 206 valence electrons. The topological polar surface area (TPSA) is 50.8 Å². The molecular formula is C33H46N2O3. The Labute approximate surface area is 229 Å². The smallest absolute Gasteiger partial charge is 0.407 e. The monoisotopic (exact) mass is 518 g/mol. The number of carbonyl (C=O) groups is 1. The molecule has 0 saturated carbocycles. The van der Waals surface area contributed by atoms with Gasteiger partial charge in [0.15, 0.2) is 0 Å². The zero-order valence-corrected chi connectivity index (χ0v) is 24.1. The number of nitrogens with zero attached hydrogens (tertiary/aromatic N) is 1. The van der Waals surface area contributed by atoms with Gasteiger partial charge >= 0.3 is 6.09 Å². The number of piperidine rings is 3. The predicted octanol–water partition coefficient (Wildman–Crippen LogP) is 7.37. The summed E-state index contributed by atoms with van der Waals surface area (Å²) in [6, 6.07) is 11.3. The van der Waals surface area contributed by atoms with E-state index in [1.54, 1.807) is 0 Å². The number of alkyl carbamates (subject to hydrolysis) is 1. The lowest BCUT2D eigenvalue weighted by Gasteiger charge is -2.44. The molecule has 2 atom stereocenters. The summed E-state index contributed by atoms with van der Waals surface area (Å²) in [6.45, 7) is 14.9. The predicted molar refractivity (Wildman–Crippen MR) is 154 cm³/mol. The van der Waals surface area contributed by atoms with Crippen molar-refractivity contribution in [1.29, 1.82) is 0 Å². The normalized spacial score (nSPS) is 25.2. The van der Waals surface area contributed by atoms with Gasteiger partial charge in [0.1, 0.15) is 11.9 Å². The van der Waals surface area contributed by atoms with Crippen LogP contribution in [0.1, 0.15) is 87.6 Å². The summed E-state index contributed by atoms with van der Waals surface area (Å²) in [5, 5.41) is 3.35. The third kappa shape index (κ3) is 5.19. The molecule has 2 bridgehead atoms. The summed E-state index contributed by atoms with van der Waals surface area (Å²) in [6.07, 6.45) is 7.28. The molecule has 1 unspecified atom stereocenters. The molecule has 38 heavy (non-hydrogen) atoms. The van der Waals surface area contributed by atoms with Crippen LogP contribution in [0.4, 0.5) is 4.79 Å². The zero-order chi connectivity index (χ0) is 26.9. The van der Waals surface area contributed by atoms with Crippen molar-refractivity contribution in [3.05, 3.63) is 52.6 Å². The number of amides is 1. The van der Waals surface area contributed by atoms with E-state index in [9.17, 15) is 4.79 Å². The second-order valence-corrected chi connectivity index (χ2v) is 12.0. The molecule has 1 amide bonds. The Morgan fingerprint density at radius 1 is 1.03 bits per heavy atom. The molecule has 5 heteroatoms. The molecule has 3 aliphatic heterocycles. The summed E-state index contributed by atoms with van der Waals surface area (Å²) >= 11 is 0. The Kier molecular flexibility index (Phi) is 8.04. The van der Waals surface area contributed by atoms with Crippen LogP contribution in [0.5, 0.6) is 5.75 Å². The van der Waals surface area contributed by atoms with Gasteiger partial charge < -0.3 is 14.8 Å². The highest BCUT2D eigenvalue weighted by molar-refractivity contribution is 5.71. The van der Waals surface area contributed by atoms with E-state index in [1.165, 1.54) is 33.4 Å². The first kappa shape index (κ1) is 27.1. The van der Waals surface area contributed by atoms with Crippen LogP contribution in [0.3, 0.4) is 0 Å². The van der Waals surface area contributed by atoms with E-state index in [2.05, 4.69) is 75.2 Å². The first-order chi connectivity index (χ1) is 18.4. The van der Waals surface area contributed by atoms with Gasteiger partial charge in [-0.1, -0.05) is 45.4 Å². The number of hydrogen-bond donors (Lipinski definition) is 1. The number of benzene rings is 2. The SMILES string of the molecule is CCCCOc1c(C)cc(-c2ccc3c(c2)CC(CC)(CC)C3NC(=O)O[C@H]2CN3CCC2CC3)cc1C. The Bertz CT molecular complexity index is 1120. The van der Waals surface area contributed by atoms with Crippen LogP contribution in [0.15, 0.2) is 30.3 Å². The minimum Gasteiger partial charge on any atom is -0.493 e. The molecule has 0 spiro atoms. The second-order valence-electron chi connectivity index (χ2n) is 12.0. The van der Waals surface area contributed by atoms with Gasteiger partial charge in [0.25, 0.3) is 0 Å². The Morgan fingerprint density at radius 3 is 2.34 bits per heavy atom. The van der Waals surface area contributed by atoms with Gasteiger partial charge in [0.2, 0.25) is 0 Å². The molecule has 4 aliphatic rings. The van der Waals surface area contributed by atoms with Crippen molar-refractivity contribution in [2.75, 3.05) is 26.2 Å². The highest BCUT2D eigenvalue weighted by Gasteiger charge is 2.45. The third-order valence-corrected chi connectivity index (χ3v) is 9.67. The molecule has 5 nitrogen and oxygen atoms in total. The molecular weight excluding hydrogens is 472 g/mol. The van der Waals surface area contributed by atoms with E-state index >= 15 is 0 Å². The Hall–Kier alpha value is -2.53. The number of fused-ring (bicyclic) bond motifs is 4. The lowest BCUT2D eigenvalue weighted by Crippen LogP contribution is -2.53. The van der Waals surface area contributed by atoms with Crippen LogP contribution in [0.25, 0.3) is 11.1 Å². The Balaban J connectivity index is 1.36. The molecule has 3 fully saturated rings. The van der Waals surface area contributed by atoms with E-state index in [4.69, 9.17) is 9.47 Å². The molecule has 1 aliphatic carbocycles. The quantitative estimate of drug-likeness (QED) is 0.352. The summed E-state index contributed by atoms with van der Waals surface area (Å²) in [5.41, 5.74) is 7.42. The minimum atomic E-state index is -0.248. The van der Waals surface area contributed by atoms with Gasteiger partial charge in [0, 0.05) is 6.54 Å². The number of rotatable bonds is 9. The lowest BCUT2D eigenvalue weighted by atomic mass is 9.76. The van der Waals surface area contributed by atoms with Gasteiger partial charge in [-0.25, -0.2) is 4.79 Å². The highest BCUT2D eigenvalue weighted by atomic mass is 16.6. The highest BCUT2D eigenvalue weighted by Crippen LogP contribution is 2.51. The molecule has 6 rings (SSSR count). The fourth-order valence-electron chi connectivity index (χ4n) is 7.17. The number of carbonyl (C=O) groups excluding carboxylic acids is 1. The molecule has 2 aromatic carbocycles. The van der Waals surface area contributed by atoms with Crippen molar-refractivity contribution < 1.29 is 14.3 Å². The van der Waals surface area contributed by atoms with E-state index < -0.39 is 0 Å². The maximum Gasteiger partial charge on any atom is 0.407 e. The van der Waals surface area contributed by atoms with Gasteiger partial charge in [-0.2, -0.15) is 0 Å². The maximum absolute atomic E-state index is 13.2. The summed E-state index contributed by atoms with van der Waals surface area (Å²) in [7, 11) is 0. The van der Waals surface area contributed by atoms with E-state index in [-0.39, 0.29) is 23.7 Å². The average Bonchev–Trinajstić information content (AvgIpc) is 3.23. The largest absolute Gasteiger partial charge is 0.493 e. The van der Waals surface area contributed by atoms with Crippen molar-refractivity contribution in [1.82, 2.24) is 10.2 Å². The molecule has 2 aromatic rings. The van der Waals surface area contributed by atoms with Crippen LogP contribution >= 0.6 is 0 Å². The van der Waals surface area contributed by atoms with Crippen LogP contribution in [-0.4, -0.2) is 43.3 Å². The molecule has 0 radical (unpaired) electrons. The van der Waals surface area contributed by atoms with Crippen LogP contribution in [0.2, 0.25) is 0 Å². The maximum atomic E-state index is 13.2. The van der Waals surface area contributed by atoms with Crippen LogP contribution in [0, 0.1) is 25.2 Å². The van der Waals surface area contributed by atoms with E-state index in [1.807, 2.05) is 0 Å². The van der Waals surface area contributed by atoms with Crippen molar-refractivity contribution in [2.45, 2.75) is 91.7 Å². The fraction of sp³-hybridized carbons (Fsp3) is 0.606. The summed E-state index contributed by atoms with van der Waals surface area (Å²) < 4.78 is 12.1. The zero-order valence-electron chi connectivity index (χ0n) is 24.1. The molecule has 0 aromatic heterocycles. The van der Waals surface area contributed by atoms with Crippen molar-refractivity contribution >= 4 is 6.09 Å². The van der Waals surface area contributed by atoms with Crippen molar-refractivity contribution in [3.8, 4) is 16.9 Å². The van der Waals surface area contributed by atoms with Crippen LogP contribution in [-0.2, 0) is 11.2 Å². The number of hydrogen-bond acceptors (Lipinski definition) is 4. The number of nitrogens with one attached hydrogen (secondary N) is 1. The average molecular weight is 519 g/mol. The van der Waals surface area contributed by atoms with E-state index in [0.717, 1.165) is 76.9 Å². The van der Waals surface area contributed by atoms with Crippen molar-refractivity contribution in [2.24, 2.45) is 11.3 Å². The molecule has 3 saturated heterocycles. The first-order valence-electron chi connectivity index (χ1n) is 14.9. The van der Waals surface area contributed by atoms with Gasteiger partial charge in [-0.3, -0.25) is 4.90 Å². The third-order valence-electron chi connectivity index (χ3n) is 9.67. The number of aryl methyl sites for hydroxylation is 2. The fourth-order valence-corrected chi connectivity index (χ4v) is 7.17. The van der Waals surface area contributed by atoms with Crippen molar-refractivity contribution in [3.63, 3.8) is 0 Å². The van der Waals surface area contributed by atoms with Gasteiger partial charge in [0.05, 0.1) is 12.6 Å². The lowest BCUT2D eigenvalue weighted by molar-refractivity contribution is -0.0353.